The Bertz CT molecular complexity index is 517. The minimum Gasteiger partial charge on any atom is -0.381 e. The number of nitrogens with two attached hydrogens (primary N) is 1. The van der Waals surface area contributed by atoms with E-state index in [9.17, 15) is 4.79 Å². The van der Waals surface area contributed by atoms with Crippen LogP contribution in [-0.4, -0.2) is 67.2 Å². The van der Waals surface area contributed by atoms with Crippen molar-refractivity contribution in [3.8, 4) is 0 Å². The largest absolute Gasteiger partial charge is 0.381 e. The number of likely N-dealkylation sites (tertiary alicyclic amines) is 1. The van der Waals surface area contributed by atoms with E-state index in [-0.39, 0.29) is 6.04 Å². The fourth-order valence-electron chi connectivity index (χ4n) is 3.89. The normalized spacial score (nSPS) is 22.5. The molecule has 132 valence electrons. The zero-order valence-corrected chi connectivity index (χ0v) is 14.4. The van der Waals surface area contributed by atoms with Crippen LogP contribution in [0.15, 0.2) is 30.3 Å². The predicted molar refractivity (Wildman–Crippen MR) is 94.7 cm³/mol. The SMILES string of the molecule is NCCN(CCc1ccccc1)C1CCN(C2CCOCC2)C1=O. The van der Waals surface area contributed by atoms with Gasteiger partial charge in [-0.3, -0.25) is 9.69 Å². The number of nitrogens with zero attached hydrogens (tertiary/aromatic N) is 2. The summed E-state index contributed by atoms with van der Waals surface area (Å²) in [6.07, 6.45) is 3.82. The van der Waals surface area contributed by atoms with Gasteiger partial charge >= 0.3 is 0 Å². The van der Waals surface area contributed by atoms with Crippen LogP contribution in [0.5, 0.6) is 0 Å². The number of hydrogen-bond donors (Lipinski definition) is 1. The van der Waals surface area contributed by atoms with E-state index in [0.29, 0.717) is 18.5 Å². The molecule has 0 bridgehead atoms. The van der Waals surface area contributed by atoms with Gasteiger partial charge in [-0.2, -0.15) is 0 Å². The Balaban J connectivity index is 1.59. The molecule has 24 heavy (non-hydrogen) atoms. The molecule has 2 heterocycles. The molecule has 2 saturated heterocycles. The van der Waals surface area contributed by atoms with Crippen molar-refractivity contribution in [2.75, 3.05) is 39.4 Å². The van der Waals surface area contributed by atoms with Crippen molar-refractivity contribution in [3.05, 3.63) is 35.9 Å². The Kier molecular flexibility index (Phi) is 6.24. The van der Waals surface area contributed by atoms with Gasteiger partial charge in [0.2, 0.25) is 5.91 Å². The molecule has 2 aliphatic rings. The third-order valence-electron chi connectivity index (χ3n) is 5.23. The van der Waals surface area contributed by atoms with E-state index in [0.717, 1.165) is 58.5 Å². The van der Waals surface area contributed by atoms with Gasteiger partial charge in [0.05, 0.1) is 6.04 Å². The van der Waals surface area contributed by atoms with Crippen molar-refractivity contribution in [3.63, 3.8) is 0 Å². The molecule has 0 aliphatic carbocycles. The van der Waals surface area contributed by atoms with Crippen molar-refractivity contribution in [1.82, 2.24) is 9.80 Å². The summed E-state index contributed by atoms with van der Waals surface area (Å²) in [5.74, 6) is 0.295. The summed E-state index contributed by atoms with van der Waals surface area (Å²) >= 11 is 0. The Morgan fingerprint density at radius 2 is 1.88 bits per heavy atom. The van der Waals surface area contributed by atoms with E-state index in [4.69, 9.17) is 10.5 Å². The Hall–Kier alpha value is -1.43. The molecule has 3 rings (SSSR count). The van der Waals surface area contributed by atoms with Crippen molar-refractivity contribution in [1.29, 1.82) is 0 Å². The van der Waals surface area contributed by atoms with E-state index >= 15 is 0 Å². The van der Waals surface area contributed by atoms with E-state index in [1.807, 2.05) is 6.07 Å². The fraction of sp³-hybridized carbons (Fsp3) is 0.632. The van der Waals surface area contributed by atoms with Gasteiger partial charge in [-0.1, -0.05) is 30.3 Å². The molecule has 1 atom stereocenters. The van der Waals surface area contributed by atoms with Gasteiger partial charge < -0.3 is 15.4 Å². The highest BCUT2D eigenvalue weighted by atomic mass is 16.5. The second-order valence-electron chi connectivity index (χ2n) is 6.74. The number of ether oxygens (including phenoxy) is 1. The molecular formula is C19H29N3O2. The lowest BCUT2D eigenvalue weighted by Crippen LogP contribution is -2.48. The van der Waals surface area contributed by atoms with E-state index in [1.165, 1.54) is 5.56 Å². The smallest absolute Gasteiger partial charge is 0.240 e. The first kappa shape index (κ1) is 17.4. The zero-order valence-electron chi connectivity index (χ0n) is 14.4. The molecule has 2 fully saturated rings. The molecule has 5 heteroatoms. The summed E-state index contributed by atoms with van der Waals surface area (Å²) < 4.78 is 5.43. The maximum Gasteiger partial charge on any atom is 0.240 e. The lowest BCUT2D eigenvalue weighted by molar-refractivity contribution is -0.135. The molecule has 0 saturated carbocycles. The molecule has 0 aromatic heterocycles. The molecule has 1 aromatic rings. The van der Waals surface area contributed by atoms with Crippen molar-refractivity contribution in [2.45, 2.75) is 37.8 Å². The molecule has 5 nitrogen and oxygen atoms in total. The van der Waals surface area contributed by atoms with Crippen LogP contribution in [-0.2, 0) is 16.0 Å². The lowest BCUT2D eigenvalue weighted by atomic mass is 10.1. The Labute approximate surface area is 144 Å². The first-order chi connectivity index (χ1) is 11.8. The third kappa shape index (κ3) is 4.15. The molecule has 1 unspecified atom stereocenters. The van der Waals surface area contributed by atoms with E-state index < -0.39 is 0 Å². The third-order valence-corrected chi connectivity index (χ3v) is 5.23. The average molecular weight is 331 g/mol. The van der Waals surface area contributed by atoms with Crippen molar-refractivity contribution >= 4 is 5.91 Å². The fourth-order valence-corrected chi connectivity index (χ4v) is 3.89. The highest BCUT2D eigenvalue weighted by Gasteiger charge is 2.39. The lowest BCUT2D eigenvalue weighted by Gasteiger charge is -2.33. The predicted octanol–water partition coefficient (Wildman–Crippen LogP) is 1.27. The second-order valence-corrected chi connectivity index (χ2v) is 6.74. The van der Waals surface area contributed by atoms with Crippen LogP contribution >= 0.6 is 0 Å². The summed E-state index contributed by atoms with van der Waals surface area (Å²) in [5.41, 5.74) is 7.12. The molecule has 2 aliphatic heterocycles. The van der Waals surface area contributed by atoms with Crippen LogP contribution in [0.25, 0.3) is 0 Å². The zero-order chi connectivity index (χ0) is 16.8. The van der Waals surface area contributed by atoms with Crippen LogP contribution < -0.4 is 5.73 Å². The van der Waals surface area contributed by atoms with E-state index in [1.54, 1.807) is 0 Å². The number of carbonyl (C=O) groups is 1. The highest BCUT2D eigenvalue weighted by Crippen LogP contribution is 2.24. The van der Waals surface area contributed by atoms with Crippen molar-refractivity contribution in [2.24, 2.45) is 5.73 Å². The molecular weight excluding hydrogens is 302 g/mol. The van der Waals surface area contributed by atoms with Gasteiger partial charge in [0.15, 0.2) is 0 Å². The maximum absolute atomic E-state index is 12.9. The monoisotopic (exact) mass is 331 g/mol. The Morgan fingerprint density at radius 3 is 2.58 bits per heavy atom. The quantitative estimate of drug-likeness (QED) is 0.817. The van der Waals surface area contributed by atoms with Crippen LogP contribution in [0, 0.1) is 0 Å². The number of rotatable bonds is 7. The van der Waals surface area contributed by atoms with E-state index in [2.05, 4.69) is 34.1 Å². The van der Waals surface area contributed by atoms with Gasteiger partial charge in [0, 0.05) is 45.4 Å². The van der Waals surface area contributed by atoms with Gasteiger partial charge in [-0.05, 0) is 31.2 Å². The molecule has 1 aromatic carbocycles. The number of carbonyl (C=O) groups excluding carboxylic acids is 1. The van der Waals surface area contributed by atoms with Crippen LogP contribution in [0.1, 0.15) is 24.8 Å². The minimum atomic E-state index is 0.0000992. The number of benzene rings is 1. The van der Waals surface area contributed by atoms with Crippen LogP contribution in [0.3, 0.4) is 0 Å². The molecule has 0 radical (unpaired) electrons. The highest BCUT2D eigenvalue weighted by molar-refractivity contribution is 5.84. The first-order valence-corrected chi connectivity index (χ1v) is 9.16. The van der Waals surface area contributed by atoms with Gasteiger partial charge in [-0.25, -0.2) is 0 Å². The standard InChI is InChI=1S/C19H29N3O2/c20-10-13-21(11-6-16-4-2-1-3-5-16)18-7-12-22(19(18)23)17-8-14-24-15-9-17/h1-5,17-18H,6-15,20H2. The van der Waals surface area contributed by atoms with Crippen LogP contribution in [0.4, 0.5) is 0 Å². The van der Waals surface area contributed by atoms with Gasteiger partial charge in [0.25, 0.3) is 0 Å². The Morgan fingerprint density at radius 1 is 1.12 bits per heavy atom. The summed E-state index contributed by atoms with van der Waals surface area (Å²) in [4.78, 5) is 17.3. The first-order valence-electron chi connectivity index (χ1n) is 9.16. The average Bonchev–Trinajstić information content (AvgIpc) is 3.02. The molecule has 0 spiro atoms. The maximum atomic E-state index is 12.9. The van der Waals surface area contributed by atoms with Gasteiger partial charge in [-0.15, -0.1) is 0 Å². The van der Waals surface area contributed by atoms with Gasteiger partial charge in [0.1, 0.15) is 0 Å². The summed E-state index contributed by atoms with van der Waals surface area (Å²) in [6, 6.07) is 10.8. The summed E-state index contributed by atoms with van der Waals surface area (Å²) in [6.45, 7) is 4.69. The molecule has 2 N–H and O–H groups in total. The minimum absolute atomic E-state index is 0.0000992. The number of hydrogen-bond acceptors (Lipinski definition) is 4. The topological polar surface area (TPSA) is 58.8 Å². The molecule has 1 amide bonds. The van der Waals surface area contributed by atoms with Crippen molar-refractivity contribution < 1.29 is 9.53 Å². The summed E-state index contributed by atoms with van der Waals surface area (Å²) in [5, 5.41) is 0. The van der Waals surface area contributed by atoms with Crippen LogP contribution in [0.2, 0.25) is 0 Å². The second kappa shape index (κ2) is 8.60. The summed E-state index contributed by atoms with van der Waals surface area (Å²) in [7, 11) is 0. The number of amides is 1.